The number of thioether (sulfide) groups is 1. The number of aromatic nitrogens is 2. The lowest BCUT2D eigenvalue weighted by Crippen LogP contribution is -2.35. The first kappa shape index (κ1) is 15.4. The zero-order valence-electron chi connectivity index (χ0n) is 12.2. The van der Waals surface area contributed by atoms with Gasteiger partial charge in [-0.05, 0) is 32.6 Å². The monoisotopic (exact) mass is 270 g/mol. The number of aryl methyl sites for hydroxylation is 2. The van der Waals surface area contributed by atoms with Crippen LogP contribution < -0.4 is 10.6 Å². The van der Waals surface area contributed by atoms with Crippen LogP contribution in [0.4, 0.5) is 5.82 Å². The van der Waals surface area contributed by atoms with Gasteiger partial charge in [-0.25, -0.2) is 0 Å². The van der Waals surface area contributed by atoms with Crippen molar-refractivity contribution < 1.29 is 0 Å². The maximum atomic E-state index is 5.72. The van der Waals surface area contributed by atoms with Crippen molar-refractivity contribution in [3.8, 4) is 0 Å². The van der Waals surface area contributed by atoms with Crippen molar-refractivity contribution in [3.63, 3.8) is 0 Å². The molecular weight excluding hydrogens is 244 g/mol. The fraction of sp³-hybridized carbons (Fsp3) is 0.769. The molecule has 0 bridgehead atoms. The van der Waals surface area contributed by atoms with E-state index in [9.17, 15) is 0 Å². The second-order valence-electron chi connectivity index (χ2n) is 4.68. The van der Waals surface area contributed by atoms with Gasteiger partial charge < -0.3 is 10.6 Å². The van der Waals surface area contributed by atoms with Gasteiger partial charge in [0.2, 0.25) is 0 Å². The first-order valence-electron chi connectivity index (χ1n) is 6.51. The van der Waals surface area contributed by atoms with Crippen LogP contribution in [0.2, 0.25) is 0 Å². The summed E-state index contributed by atoms with van der Waals surface area (Å²) in [6.45, 7) is 4.98. The van der Waals surface area contributed by atoms with E-state index in [1.54, 1.807) is 0 Å². The van der Waals surface area contributed by atoms with Crippen LogP contribution in [0.1, 0.15) is 24.6 Å². The molecule has 1 aromatic heterocycles. The van der Waals surface area contributed by atoms with Gasteiger partial charge in [-0.15, -0.1) is 0 Å². The van der Waals surface area contributed by atoms with E-state index < -0.39 is 0 Å². The Bertz CT molecular complexity index is 375. The van der Waals surface area contributed by atoms with Gasteiger partial charge in [-0.2, -0.15) is 16.9 Å². The summed E-state index contributed by atoms with van der Waals surface area (Å²) in [5, 5.41) is 4.54. The van der Waals surface area contributed by atoms with Gasteiger partial charge in [0.15, 0.2) is 0 Å². The highest BCUT2D eigenvalue weighted by atomic mass is 32.2. The van der Waals surface area contributed by atoms with Crippen molar-refractivity contribution in [2.24, 2.45) is 12.8 Å². The maximum Gasteiger partial charge on any atom is 0.130 e. The number of nitrogens with zero attached hydrogens (tertiary/aromatic N) is 3. The van der Waals surface area contributed by atoms with Gasteiger partial charge in [0.05, 0.1) is 5.69 Å². The highest BCUT2D eigenvalue weighted by Gasteiger charge is 2.21. The van der Waals surface area contributed by atoms with E-state index in [2.05, 4.69) is 37.1 Å². The highest BCUT2D eigenvalue weighted by molar-refractivity contribution is 7.98. The standard InChI is InChI=1S/C13H26N4S/c1-6-11(9-18-5)16(3)13-12(7-8-14)10(2)15-17(13)4/h11H,6-9,14H2,1-5H3. The second-order valence-corrected chi connectivity index (χ2v) is 5.59. The molecule has 0 spiro atoms. The molecular formula is C13H26N4S. The second kappa shape index (κ2) is 7.04. The van der Waals surface area contributed by atoms with Crippen LogP contribution in [-0.4, -0.2) is 41.4 Å². The van der Waals surface area contributed by atoms with Gasteiger partial charge in [0.1, 0.15) is 5.82 Å². The molecule has 1 rings (SSSR count). The number of hydrogen-bond acceptors (Lipinski definition) is 4. The summed E-state index contributed by atoms with van der Waals surface area (Å²) in [5.41, 5.74) is 8.11. The predicted octanol–water partition coefficient (Wildman–Crippen LogP) is 1.81. The lowest BCUT2D eigenvalue weighted by molar-refractivity contribution is 0.634. The Morgan fingerprint density at radius 1 is 1.50 bits per heavy atom. The summed E-state index contributed by atoms with van der Waals surface area (Å²) in [6, 6.07) is 0.548. The van der Waals surface area contributed by atoms with Crippen molar-refractivity contribution in [2.75, 3.05) is 30.5 Å². The average Bonchev–Trinajstić information content (AvgIpc) is 2.61. The molecule has 4 nitrogen and oxygen atoms in total. The molecule has 0 fully saturated rings. The molecule has 0 saturated heterocycles. The molecule has 2 N–H and O–H groups in total. The molecule has 0 radical (unpaired) electrons. The third-order valence-electron chi connectivity index (χ3n) is 3.42. The minimum Gasteiger partial charge on any atom is -0.356 e. The van der Waals surface area contributed by atoms with Crippen molar-refractivity contribution in [2.45, 2.75) is 32.7 Å². The molecule has 1 unspecified atom stereocenters. The first-order valence-corrected chi connectivity index (χ1v) is 7.90. The Kier molecular flexibility index (Phi) is 6.02. The van der Waals surface area contributed by atoms with Crippen LogP contribution in [0.5, 0.6) is 0 Å². The molecule has 0 aliphatic heterocycles. The lowest BCUT2D eigenvalue weighted by atomic mass is 10.1. The average molecular weight is 270 g/mol. The van der Waals surface area contributed by atoms with E-state index >= 15 is 0 Å². The predicted molar refractivity (Wildman–Crippen MR) is 81.6 cm³/mol. The molecule has 18 heavy (non-hydrogen) atoms. The lowest BCUT2D eigenvalue weighted by Gasteiger charge is -2.29. The molecule has 1 heterocycles. The van der Waals surface area contributed by atoms with Crippen molar-refractivity contribution in [1.82, 2.24) is 9.78 Å². The Morgan fingerprint density at radius 3 is 2.67 bits per heavy atom. The molecule has 0 amide bonds. The fourth-order valence-electron chi connectivity index (χ4n) is 2.44. The number of hydrogen-bond donors (Lipinski definition) is 1. The molecule has 104 valence electrons. The number of nitrogens with two attached hydrogens (primary N) is 1. The summed E-state index contributed by atoms with van der Waals surface area (Å²) >= 11 is 1.89. The van der Waals surface area contributed by atoms with Crippen molar-refractivity contribution in [3.05, 3.63) is 11.3 Å². The summed E-state index contributed by atoms with van der Waals surface area (Å²) in [7, 11) is 4.19. The SMILES string of the molecule is CCC(CSC)N(C)c1c(CCN)c(C)nn1C. The number of rotatable bonds is 7. The topological polar surface area (TPSA) is 47.1 Å². The van der Waals surface area contributed by atoms with Crippen LogP contribution in [0.25, 0.3) is 0 Å². The Morgan fingerprint density at radius 2 is 2.17 bits per heavy atom. The molecule has 0 aliphatic carbocycles. The van der Waals surface area contributed by atoms with Crippen molar-refractivity contribution in [1.29, 1.82) is 0 Å². The maximum absolute atomic E-state index is 5.72. The van der Waals surface area contributed by atoms with E-state index in [1.165, 1.54) is 11.4 Å². The van der Waals surface area contributed by atoms with Gasteiger partial charge >= 0.3 is 0 Å². The zero-order chi connectivity index (χ0) is 13.7. The Balaban J connectivity index is 3.06. The summed E-state index contributed by atoms with van der Waals surface area (Å²) < 4.78 is 1.99. The minimum absolute atomic E-state index is 0.548. The summed E-state index contributed by atoms with van der Waals surface area (Å²) in [5.74, 6) is 2.36. The van der Waals surface area contributed by atoms with Crippen LogP contribution in [0.15, 0.2) is 0 Å². The Hall–Kier alpha value is -0.680. The molecule has 0 aromatic carbocycles. The molecule has 0 aliphatic rings. The smallest absolute Gasteiger partial charge is 0.130 e. The normalized spacial score (nSPS) is 12.8. The zero-order valence-corrected chi connectivity index (χ0v) is 13.0. The molecule has 1 aromatic rings. The van der Waals surface area contributed by atoms with E-state index in [1.807, 2.05) is 23.5 Å². The van der Waals surface area contributed by atoms with E-state index in [0.29, 0.717) is 12.6 Å². The van der Waals surface area contributed by atoms with E-state index in [-0.39, 0.29) is 0 Å². The number of anilines is 1. The third kappa shape index (κ3) is 3.20. The largest absolute Gasteiger partial charge is 0.356 e. The quantitative estimate of drug-likeness (QED) is 0.821. The van der Waals surface area contributed by atoms with Crippen LogP contribution in [-0.2, 0) is 13.5 Å². The van der Waals surface area contributed by atoms with Gasteiger partial charge in [-0.3, -0.25) is 4.68 Å². The minimum atomic E-state index is 0.548. The third-order valence-corrected chi connectivity index (χ3v) is 4.14. The van der Waals surface area contributed by atoms with Crippen LogP contribution in [0, 0.1) is 6.92 Å². The Labute approximate surface area is 115 Å². The molecule has 5 heteroatoms. The summed E-state index contributed by atoms with van der Waals surface area (Å²) in [6.07, 6.45) is 4.20. The van der Waals surface area contributed by atoms with E-state index in [4.69, 9.17) is 5.73 Å². The fourth-order valence-corrected chi connectivity index (χ4v) is 3.28. The molecule has 0 saturated carbocycles. The van der Waals surface area contributed by atoms with Gasteiger partial charge in [0, 0.05) is 31.5 Å². The van der Waals surface area contributed by atoms with E-state index in [0.717, 1.165) is 24.3 Å². The molecule has 1 atom stereocenters. The highest BCUT2D eigenvalue weighted by Crippen LogP contribution is 2.25. The first-order chi connectivity index (χ1) is 8.56. The van der Waals surface area contributed by atoms with Gasteiger partial charge in [-0.1, -0.05) is 6.92 Å². The summed E-state index contributed by atoms with van der Waals surface area (Å²) in [4.78, 5) is 2.36. The van der Waals surface area contributed by atoms with Crippen LogP contribution >= 0.6 is 11.8 Å². The van der Waals surface area contributed by atoms with Crippen LogP contribution in [0.3, 0.4) is 0 Å². The van der Waals surface area contributed by atoms with Crippen molar-refractivity contribution >= 4 is 17.6 Å². The van der Waals surface area contributed by atoms with Gasteiger partial charge in [0.25, 0.3) is 0 Å².